The van der Waals surface area contributed by atoms with E-state index in [0.29, 0.717) is 5.56 Å². The highest BCUT2D eigenvalue weighted by Gasteiger charge is 2.36. The molecule has 0 saturated heterocycles. The molecule has 0 aromatic heterocycles. The Hall–Kier alpha value is -2.30. The predicted octanol–water partition coefficient (Wildman–Crippen LogP) is 5.66. The lowest BCUT2D eigenvalue weighted by Gasteiger charge is -2.19. The van der Waals surface area contributed by atoms with Crippen LogP contribution in [0.3, 0.4) is 0 Å². The number of oxime groups is 1. The van der Waals surface area contributed by atoms with Crippen molar-refractivity contribution in [1.29, 1.82) is 0 Å². The third kappa shape index (κ3) is 5.93. The van der Waals surface area contributed by atoms with Crippen molar-refractivity contribution in [2.45, 2.75) is 45.4 Å². The van der Waals surface area contributed by atoms with E-state index in [2.05, 4.69) is 25.9 Å². The quantitative estimate of drug-likeness (QED) is 0.504. The molecular weight excluding hydrogens is 327 g/mol. The first kappa shape index (κ1) is 19.0. The lowest BCUT2D eigenvalue weighted by Crippen LogP contribution is -2.25. The molecule has 0 spiro atoms. The molecule has 2 aromatic carbocycles. The van der Waals surface area contributed by atoms with Gasteiger partial charge in [0.2, 0.25) is 0 Å². The van der Waals surface area contributed by atoms with E-state index >= 15 is 0 Å². The van der Waals surface area contributed by atoms with E-state index in [1.807, 2.05) is 18.2 Å². The molecule has 0 bridgehead atoms. The van der Waals surface area contributed by atoms with Gasteiger partial charge in [0.05, 0.1) is 0 Å². The van der Waals surface area contributed by atoms with E-state index in [1.54, 1.807) is 36.4 Å². The molecule has 0 aliphatic heterocycles. The van der Waals surface area contributed by atoms with Crippen molar-refractivity contribution >= 4 is 5.71 Å². The van der Waals surface area contributed by atoms with Crippen molar-refractivity contribution in [3.8, 4) is 0 Å². The molecule has 0 heterocycles. The van der Waals surface area contributed by atoms with Gasteiger partial charge >= 0.3 is 6.18 Å². The second kappa shape index (κ2) is 7.72. The summed E-state index contributed by atoms with van der Waals surface area (Å²) in [7, 11) is 0. The molecule has 2 nitrogen and oxygen atoms in total. The van der Waals surface area contributed by atoms with Gasteiger partial charge in [-0.2, -0.15) is 13.2 Å². The maximum Gasteiger partial charge on any atom is 0.433 e. The number of rotatable bonds is 5. The first-order valence-corrected chi connectivity index (χ1v) is 8.05. The molecule has 0 atom stereocenters. The fourth-order valence-corrected chi connectivity index (χ4v) is 2.26. The van der Waals surface area contributed by atoms with Crippen LogP contribution in [0.25, 0.3) is 0 Å². The number of nitrogens with zero attached hydrogens (tertiary/aromatic N) is 1. The number of alkyl halides is 3. The number of hydrogen-bond acceptors (Lipinski definition) is 2. The van der Waals surface area contributed by atoms with Crippen LogP contribution in [0.5, 0.6) is 0 Å². The maximum absolute atomic E-state index is 13.2. The maximum atomic E-state index is 13.2. The summed E-state index contributed by atoms with van der Waals surface area (Å²) < 4.78 is 39.6. The standard InChI is InChI=1S/C20H22F3NO/c1-19(2,3)17-11-9-15(10-12-17)13-18(20(21,22)23)24-25-14-16-7-5-4-6-8-16/h4-12H,13-14H2,1-3H3/b24-18-. The van der Waals surface area contributed by atoms with Crippen molar-refractivity contribution in [2.24, 2.45) is 5.16 Å². The Morgan fingerprint density at radius 2 is 1.48 bits per heavy atom. The normalized spacial score (nSPS) is 13.0. The van der Waals surface area contributed by atoms with Crippen molar-refractivity contribution in [1.82, 2.24) is 0 Å². The Bertz CT molecular complexity index is 698. The summed E-state index contributed by atoms with van der Waals surface area (Å²) in [5.41, 5.74) is 1.40. The van der Waals surface area contributed by atoms with Crippen LogP contribution < -0.4 is 0 Å². The monoisotopic (exact) mass is 349 g/mol. The van der Waals surface area contributed by atoms with Crippen molar-refractivity contribution in [3.05, 3.63) is 71.3 Å². The summed E-state index contributed by atoms with van der Waals surface area (Å²) in [5.74, 6) is 0. The van der Waals surface area contributed by atoms with Crippen molar-refractivity contribution in [3.63, 3.8) is 0 Å². The highest BCUT2D eigenvalue weighted by molar-refractivity contribution is 5.91. The smallest absolute Gasteiger partial charge is 0.391 e. The van der Waals surface area contributed by atoms with Crippen LogP contribution in [-0.4, -0.2) is 11.9 Å². The zero-order chi connectivity index (χ0) is 18.5. The van der Waals surface area contributed by atoms with Gasteiger partial charge in [-0.25, -0.2) is 0 Å². The van der Waals surface area contributed by atoms with Crippen LogP contribution in [0.4, 0.5) is 13.2 Å². The molecule has 0 saturated carbocycles. The second-order valence-corrected chi connectivity index (χ2v) is 6.92. The molecule has 25 heavy (non-hydrogen) atoms. The third-order valence-corrected chi connectivity index (χ3v) is 3.77. The first-order chi connectivity index (χ1) is 11.7. The molecule has 0 N–H and O–H groups in total. The Balaban J connectivity index is 2.08. The molecular formula is C20H22F3NO. The molecule has 2 aromatic rings. The summed E-state index contributed by atoms with van der Waals surface area (Å²) in [6.07, 6.45) is -4.85. The Morgan fingerprint density at radius 3 is 2.00 bits per heavy atom. The summed E-state index contributed by atoms with van der Waals surface area (Å²) >= 11 is 0. The van der Waals surface area contributed by atoms with E-state index in [1.165, 1.54) is 0 Å². The summed E-state index contributed by atoms with van der Waals surface area (Å²) in [5, 5.41) is 3.35. The highest BCUT2D eigenvalue weighted by atomic mass is 19.4. The molecule has 0 fully saturated rings. The minimum absolute atomic E-state index is 0.00336. The summed E-state index contributed by atoms with van der Waals surface area (Å²) in [6.45, 7) is 6.18. The molecule has 0 amide bonds. The Labute approximate surface area is 146 Å². The van der Waals surface area contributed by atoms with Crippen LogP contribution in [0.15, 0.2) is 59.8 Å². The van der Waals surface area contributed by atoms with E-state index in [4.69, 9.17) is 4.84 Å². The number of benzene rings is 2. The summed E-state index contributed by atoms with van der Waals surface area (Å²) in [4.78, 5) is 4.93. The van der Waals surface area contributed by atoms with Crippen LogP contribution in [-0.2, 0) is 23.3 Å². The van der Waals surface area contributed by atoms with Crippen molar-refractivity contribution < 1.29 is 18.0 Å². The van der Waals surface area contributed by atoms with Gasteiger partial charge < -0.3 is 4.84 Å². The average Bonchev–Trinajstić information content (AvgIpc) is 2.53. The molecule has 5 heteroatoms. The highest BCUT2D eigenvalue weighted by Crippen LogP contribution is 2.24. The van der Waals surface area contributed by atoms with E-state index < -0.39 is 11.9 Å². The Kier molecular flexibility index (Phi) is 5.88. The van der Waals surface area contributed by atoms with E-state index in [0.717, 1.165) is 11.1 Å². The van der Waals surface area contributed by atoms with Gasteiger partial charge in [-0.15, -0.1) is 0 Å². The Morgan fingerprint density at radius 1 is 0.880 bits per heavy atom. The minimum atomic E-state index is -4.53. The van der Waals surface area contributed by atoms with E-state index in [9.17, 15) is 13.2 Å². The largest absolute Gasteiger partial charge is 0.433 e. The lowest BCUT2D eigenvalue weighted by atomic mass is 9.86. The van der Waals surface area contributed by atoms with Gasteiger partial charge in [-0.05, 0) is 22.1 Å². The first-order valence-electron chi connectivity index (χ1n) is 8.05. The molecule has 0 radical (unpaired) electrons. The van der Waals surface area contributed by atoms with Crippen LogP contribution in [0.2, 0.25) is 0 Å². The van der Waals surface area contributed by atoms with E-state index in [-0.39, 0.29) is 18.4 Å². The molecule has 2 rings (SSSR count). The average molecular weight is 349 g/mol. The van der Waals surface area contributed by atoms with Gasteiger partial charge in [0.15, 0.2) is 5.71 Å². The topological polar surface area (TPSA) is 21.6 Å². The third-order valence-electron chi connectivity index (χ3n) is 3.77. The molecule has 134 valence electrons. The zero-order valence-corrected chi connectivity index (χ0v) is 14.6. The predicted molar refractivity (Wildman–Crippen MR) is 93.6 cm³/mol. The van der Waals surface area contributed by atoms with Gasteiger partial charge in [-0.3, -0.25) is 0 Å². The van der Waals surface area contributed by atoms with Gasteiger partial charge in [-0.1, -0.05) is 80.5 Å². The lowest BCUT2D eigenvalue weighted by molar-refractivity contribution is -0.0640. The zero-order valence-electron chi connectivity index (χ0n) is 14.6. The molecule has 0 aliphatic rings. The molecule has 0 unspecified atom stereocenters. The van der Waals surface area contributed by atoms with Crippen LogP contribution in [0.1, 0.15) is 37.5 Å². The number of hydrogen-bond donors (Lipinski definition) is 0. The van der Waals surface area contributed by atoms with Gasteiger partial charge in [0.1, 0.15) is 6.61 Å². The second-order valence-electron chi connectivity index (χ2n) is 6.92. The van der Waals surface area contributed by atoms with Crippen LogP contribution in [0, 0.1) is 0 Å². The summed E-state index contributed by atoms with van der Waals surface area (Å²) in [6, 6.07) is 16.1. The molecule has 0 aliphatic carbocycles. The number of halogens is 3. The van der Waals surface area contributed by atoms with Gasteiger partial charge in [0, 0.05) is 6.42 Å². The fourth-order valence-electron chi connectivity index (χ4n) is 2.26. The minimum Gasteiger partial charge on any atom is -0.391 e. The fraction of sp³-hybridized carbons (Fsp3) is 0.350. The van der Waals surface area contributed by atoms with Gasteiger partial charge in [0.25, 0.3) is 0 Å². The van der Waals surface area contributed by atoms with Crippen LogP contribution >= 0.6 is 0 Å². The van der Waals surface area contributed by atoms with Crippen molar-refractivity contribution in [2.75, 3.05) is 0 Å². The SMILES string of the molecule is CC(C)(C)c1ccc(C/C(=N/OCc2ccccc2)C(F)(F)F)cc1.